The summed E-state index contributed by atoms with van der Waals surface area (Å²) in [6.07, 6.45) is 10.8. The topological polar surface area (TPSA) is 59.8 Å². The lowest BCUT2D eigenvalue weighted by Crippen LogP contribution is -2.30. The quantitative estimate of drug-likeness (QED) is 0.634. The largest absolute Gasteiger partial charge is 0.345 e. The van der Waals surface area contributed by atoms with Gasteiger partial charge < -0.3 is 5.32 Å². The number of nitrogens with one attached hydrogen (secondary N) is 1. The molecule has 1 aliphatic carbocycles. The van der Waals surface area contributed by atoms with Gasteiger partial charge in [-0.3, -0.25) is 4.79 Å². The molecule has 0 radical (unpaired) electrons. The standard InChI is InChI=1S/C24H28N4O/c29-24(22-13-11-20(12-14-22)16-28-18-25-17-26-28)27-23(21-9-5-2-6-10-21)15-19-7-3-1-4-8-19/h2,5-6,9-14,17-19,23H,1,3-4,7-8,15-16H2,(H,27,29). The van der Waals surface area contributed by atoms with Gasteiger partial charge in [0.25, 0.3) is 5.91 Å². The predicted molar refractivity (Wildman–Crippen MR) is 113 cm³/mol. The molecular weight excluding hydrogens is 360 g/mol. The molecule has 1 amide bonds. The van der Waals surface area contributed by atoms with E-state index >= 15 is 0 Å². The maximum Gasteiger partial charge on any atom is 0.251 e. The first-order chi connectivity index (χ1) is 14.3. The van der Waals surface area contributed by atoms with Crippen LogP contribution in [0.1, 0.15) is 66.1 Å². The Balaban J connectivity index is 1.44. The number of hydrogen-bond donors (Lipinski definition) is 1. The third-order valence-electron chi connectivity index (χ3n) is 5.83. The van der Waals surface area contributed by atoms with Gasteiger partial charge in [0.2, 0.25) is 0 Å². The number of carbonyl (C=O) groups excluding carboxylic acids is 1. The van der Waals surface area contributed by atoms with Crippen LogP contribution < -0.4 is 5.32 Å². The summed E-state index contributed by atoms with van der Waals surface area (Å²) in [5, 5.41) is 7.42. The summed E-state index contributed by atoms with van der Waals surface area (Å²) in [4.78, 5) is 16.9. The van der Waals surface area contributed by atoms with Gasteiger partial charge in [-0.05, 0) is 35.6 Å². The van der Waals surface area contributed by atoms with Gasteiger partial charge in [-0.2, -0.15) is 5.10 Å². The van der Waals surface area contributed by atoms with Crippen molar-refractivity contribution in [1.29, 1.82) is 0 Å². The molecule has 1 atom stereocenters. The van der Waals surface area contributed by atoms with E-state index in [2.05, 4.69) is 27.5 Å². The number of benzene rings is 2. The molecule has 1 unspecified atom stereocenters. The molecule has 1 fully saturated rings. The van der Waals surface area contributed by atoms with Crippen LogP contribution in [0.2, 0.25) is 0 Å². The molecule has 0 bridgehead atoms. The van der Waals surface area contributed by atoms with Gasteiger partial charge >= 0.3 is 0 Å². The van der Waals surface area contributed by atoms with E-state index in [9.17, 15) is 4.79 Å². The van der Waals surface area contributed by atoms with Crippen LogP contribution in [0, 0.1) is 5.92 Å². The SMILES string of the molecule is O=C(NC(CC1CCCCC1)c1ccccc1)c1ccc(Cn2cncn2)cc1. The van der Waals surface area contributed by atoms with Crippen LogP contribution in [0.4, 0.5) is 0 Å². The van der Waals surface area contributed by atoms with Gasteiger partial charge in [-0.25, -0.2) is 9.67 Å². The minimum Gasteiger partial charge on any atom is -0.345 e. The Morgan fingerprint density at radius 1 is 1.03 bits per heavy atom. The van der Waals surface area contributed by atoms with Gasteiger partial charge in [-0.1, -0.05) is 74.6 Å². The molecule has 150 valence electrons. The highest BCUT2D eigenvalue weighted by Crippen LogP contribution is 2.32. The maximum absolute atomic E-state index is 13.0. The first-order valence-electron chi connectivity index (χ1n) is 10.5. The third kappa shape index (κ3) is 5.31. The zero-order chi connectivity index (χ0) is 19.9. The van der Waals surface area contributed by atoms with Crippen LogP contribution in [0.25, 0.3) is 0 Å². The van der Waals surface area contributed by atoms with E-state index in [1.807, 2.05) is 42.5 Å². The fourth-order valence-corrected chi connectivity index (χ4v) is 4.22. The van der Waals surface area contributed by atoms with Crippen LogP contribution in [0.3, 0.4) is 0 Å². The molecule has 0 saturated heterocycles. The Morgan fingerprint density at radius 2 is 1.79 bits per heavy atom. The first kappa shape index (κ1) is 19.4. The van der Waals surface area contributed by atoms with Crippen molar-refractivity contribution in [3.8, 4) is 0 Å². The number of nitrogens with zero attached hydrogens (tertiary/aromatic N) is 3. The smallest absolute Gasteiger partial charge is 0.251 e. The molecule has 5 heteroatoms. The maximum atomic E-state index is 13.0. The van der Waals surface area contributed by atoms with Gasteiger partial charge in [0.1, 0.15) is 12.7 Å². The van der Waals surface area contributed by atoms with E-state index in [-0.39, 0.29) is 11.9 Å². The Hall–Kier alpha value is -2.95. The lowest BCUT2D eigenvalue weighted by atomic mass is 9.83. The molecule has 4 rings (SSSR count). The van der Waals surface area contributed by atoms with E-state index in [0.717, 1.165) is 12.0 Å². The Labute approximate surface area is 172 Å². The highest BCUT2D eigenvalue weighted by molar-refractivity contribution is 5.94. The number of hydrogen-bond acceptors (Lipinski definition) is 3. The molecule has 1 saturated carbocycles. The second-order valence-corrected chi connectivity index (χ2v) is 7.97. The average Bonchev–Trinajstić information content (AvgIpc) is 3.28. The molecule has 1 N–H and O–H groups in total. The van der Waals surface area contributed by atoms with Crippen molar-refractivity contribution >= 4 is 5.91 Å². The van der Waals surface area contributed by atoms with Crippen LogP contribution in [-0.4, -0.2) is 20.7 Å². The van der Waals surface area contributed by atoms with Gasteiger partial charge in [0.05, 0.1) is 12.6 Å². The van der Waals surface area contributed by atoms with Gasteiger partial charge in [0.15, 0.2) is 0 Å². The molecule has 1 aliphatic rings. The number of aromatic nitrogens is 3. The molecule has 0 spiro atoms. The second-order valence-electron chi connectivity index (χ2n) is 7.97. The van der Waals surface area contributed by atoms with E-state index in [1.165, 1.54) is 44.0 Å². The Morgan fingerprint density at radius 3 is 2.48 bits per heavy atom. The monoisotopic (exact) mass is 388 g/mol. The molecule has 29 heavy (non-hydrogen) atoms. The zero-order valence-corrected chi connectivity index (χ0v) is 16.7. The molecular formula is C24H28N4O. The Bertz CT molecular complexity index is 884. The highest BCUT2D eigenvalue weighted by atomic mass is 16.1. The van der Waals surface area contributed by atoms with Gasteiger partial charge in [0, 0.05) is 5.56 Å². The number of rotatable bonds is 7. The van der Waals surface area contributed by atoms with E-state index in [1.54, 1.807) is 11.0 Å². The molecule has 1 aromatic heterocycles. The van der Waals surface area contributed by atoms with Crippen molar-refractivity contribution in [2.24, 2.45) is 5.92 Å². The summed E-state index contributed by atoms with van der Waals surface area (Å²) in [7, 11) is 0. The van der Waals surface area contributed by atoms with Crippen molar-refractivity contribution in [3.63, 3.8) is 0 Å². The van der Waals surface area contributed by atoms with Crippen molar-refractivity contribution in [2.75, 3.05) is 0 Å². The minimum absolute atomic E-state index is 0.0121. The third-order valence-corrected chi connectivity index (χ3v) is 5.83. The second kappa shape index (κ2) is 9.50. The molecule has 2 aromatic carbocycles. The number of amides is 1. The van der Waals surface area contributed by atoms with Crippen LogP contribution in [0.15, 0.2) is 67.3 Å². The number of carbonyl (C=O) groups is 1. The molecule has 0 aliphatic heterocycles. The summed E-state index contributed by atoms with van der Waals surface area (Å²) >= 11 is 0. The van der Waals surface area contributed by atoms with Gasteiger partial charge in [-0.15, -0.1) is 0 Å². The fraction of sp³-hybridized carbons (Fsp3) is 0.375. The van der Waals surface area contributed by atoms with Crippen molar-refractivity contribution in [1.82, 2.24) is 20.1 Å². The van der Waals surface area contributed by atoms with Crippen molar-refractivity contribution in [3.05, 3.63) is 83.9 Å². The summed E-state index contributed by atoms with van der Waals surface area (Å²) in [6, 6.07) is 18.2. The Kier molecular flexibility index (Phi) is 6.35. The molecule has 1 heterocycles. The molecule has 5 nitrogen and oxygen atoms in total. The fourth-order valence-electron chi connectivity index (χ4n) is 4.22. The predicted octanol–water partition coefficient (Wildman–Crippen LogP) is 4.77. The van der Waals surface area contributed by atoms with Crippen molar-refractivity contribution < 1.29 is 4.79 Å². The highest BCUT2D eigenvalue weighted by Gasteiger charge is 2.22. The lowest BCUT2D eigenvalue weighted by molar-refractivity contribution is 0.0928. The first-order valence-corrected chi connectivity index (χ1v) is 10.5. The van der Waals surface area contributed by atoms with E-state index in [0.29, 0.717) is 18.0 Å². The zero-order valence-electron chi connectivity index (χ0n) is 16.7. The summed E-state index contributed by atoms with van der Waals surface area (Å²) in [6.45, 7) is 0.649. The van der Waals surface area contributed by atoms with E-state index < -0.39 is 0 Å². The van der Waals surface area contributed by atoms with E-state index in [4.69, 9.17) is 0 Å². The molecule has 3 aromatic rings. The van der Waals surface area contributed by atoms with Crippen LogP contribution >= 0.6 is 0 Å². The normalized spacial score (nSPS) is 15.7. The van der Waals surface area contributed by atoms with Crippen molar-refractivity contribution in [2.45, 2.75) is 51.1 Å². The average molecular weight is 389 g/mol. The minimum atomic E-state index is -0.0121. The summed E-state index contributed by atoms with van der Waals surface area (Å²) < 4.78 is 1.77. The van der Waals surface area contributed by atoms with Crippen LogP contribution in [0.5, 0.6) is 0 Å². The lowest BCUT2D eigenvalue weighted by Gasteiger charge is -2.27. The summed E-state index contributed by atoms with van der Waals surface area (Å²) in [5.74, 6) is 0.682. The summed E-state index contributed by atoms with van der Waals surface area (Å²) in [5.41, 5.74) is 2.97. The van der Waals surface area contributed by atoms with Crippen LogP contribution in [-0.2, 0) is 6.54 Å².